The minimum Gasteiger partial charge on any atom is -0.349 e. The lowest BCUT2D eigenvalue weighted by atomic mass is 10.1. The molecule has 1 aromatic carbocycles. The number of carbonyl (C=O) groups excluding carboxylic acids is 1. The molecular weight excluding hydrogens is 302 g/mol. The standard InChI is InChI=1S/C16H16F2N4O/c17-12-4-1-3-9(15(12)18)10-7-11(10)16(23)19-8-14-21-20-13-5-2-6-22(13)14/h1,3-4,10-11H,2,5-8H2,(H,19,23)/t10-,11+/m0/s1. The maximum atomic E-state index is 13.8. The zero-order valence-electron chi connectivity index (χ0n) is 12.4. The summed E-state index contributed by atoms with van der Waals surface area (Å²) in [6.07, 6.45) is 2.52. The number of fused-ring (bicyclic) bond motifs is 1. The van der Waals surface area contributed by atoms with E-state index < -0.39 is 11.6 Å². The van der Waals surface area contributed by atoms with E-state index in [1.807, 2.05) is 4.57 Å². The summed E-state index contributed by atoms with van der Waals surface area (Å²) in [7, 11) is 0. The van der Waals surface area contributed by atoms with Gasteiger partial charge in [0.25, 0.3) is 0 Å². The van der Waals surface area contributed by atoms with Crippen molar-refractivity contribution in [3.05, 3.63) is 47.0 Å². The van der Waals surface area contributed by atoms with Crippen molar-refractivity contribution in [2.75, 3.05) is 0 Å². The van der Waals surface area contributed by atoms with Crippen LogP contribution in [-0.4, -0.2) is 20.7 Å². The summed E-state index contributed by atoms with van der Waals surface area (Å²) < 4.78 is 29.0. The maximum Gasteiger partial charge on any atom is 0.224 e. The van der Waals surface area contributed by atoms with E-state index in [2.05, 4.69) is 15.5 Å². The predicted octanol–water partition coefficient (Wildman–Crippen LogP) is 1.92. The average Bonchev–Trinajstić information content (AvgIpc) is 3.02. The van der Waals surface area contributed by atoms with Crippen LogP contribution in [0.3, 0.4) is 0 Å². The third-order valence-corrected chi connectivity index (χ3v) is 4.61. The van der Waals surface area contributed by atoms with Crippen LogP contribution >= 0.6 is 0 Å². The molecule has 0 bridgehead atoms. The molecule has 1 fully saturated rings. The van der Waals surface area contributed by atoms with Crippen molar-refractivity contribution in [3.8, 4) is 0 Å². The Hall–Kier alpha value is -2.31. The molecule has 23 heavy (non-hydrogen) atoms. The lowest BCUT2D eigenvalue weighted by molar-refractivity contribution is -0.122. The molecule has 5 nitrogen and oxygen atoms in total. The Kier molecular flexibility index (Phi) is 3.36. The zero-order chi connectivity index (χ0) is 16.0. The molecule has 0 unspecified atom stereocenters. The molecule has 1 aliphatic heterocycles. The quantitative estimate of drug-likeness (QED) is 0.937. The van der Waals surface area contributed by atoms with Crippen LogP contribution in [0.2, 0.25) is 0 Å². The first-order valence-corrected chi connectivity index (χ1v) is 7.77. The van der Waals surface area contributed by atoms with Gasteiger partial charge in [-0.15, -0.1) is 10.2 Å². The van der Waals surface area contributed by atoms with Gasteiger partial charge in [0, 0.05) is 18.9 Å². The molecule has 2 aliphatic rings. The van der Waals surface area contributed by atoms with Crippen molar-refractivity contribution in [1.82, 2.24) is 20.1 Å². The summed E-state index contributed by atoms with van der Waals surface area (Å²) in [6.45, 7) is 1.20. The van der Waals surface area contributed by atoms with E-state index in [-0.39, 0.29) is 23.3 Å². The fourth-order valence-corrected chi connectivity index (χ4v) is 3.27. The molecule has 120 valence electrons. The summed E-state index contributed by atoms with van der Waals surface area (Å²) >= 11 is 0. The van der Waals surface area contributed by atoms with Crippen LogP contribution in [0.1, 0.15) is 36.0 Å². The fourth-order valence-electron chi connectivity index (χ4n) is 3.27. The van der Waals surface area contributed by atoms with Gasteiger partial charge in [0.1, 0.15) is 5.82 Å². The first-order chi connectivity index (χ1) is 11.1. The molecular formula is C16H16F2N4O. The number of hydrogen-bond donors (Lipinski definition) is 1. The van der Waals surface area contributed by atoms with Gasteiger partial charge in [-0.2, -0.15) is 0 Å². The Bertz CT molecular complexity index is 773. The Labute approximate surface area is 131 Å². The minimum absolute atomic E-state index is 0.144. The van der Waals surface area contributed by atoms with Crippen LogP contribution in [0.15, 0.2) is 18.2 Å². The van der Waals surface area contributed by atoms with Crippen molar-refractivity contribution in [3.63, 3.8) is 0 Å². The number of nitrogens with zero attached hydrogens (tertiary/aromatic N) is 3. The normalized spacial score (nSPS) is 22.0. The third kappa shape index (κ3) is 2.50. The molecule has 1 saturated carbocycles. The Balaban J connectivity index is 1.38. The average molecular weight is 318 g/mol. The first-order valence-electron chi connectivity index (χ1n) is 7.77. The van der Waals surface area contributed by atoms with Crippen LogP contribution in [0.25, 0.3) is 0 Å². The summed E-state index contributed by atoms with van der Waals surface area (Å²) in [5.74, 6) is -0.688. The van der Waals surface area contributed by atoms with Crippen LogP contribution in [-0.2, 0) is 24.3 Å². The number of rotatable bonds is 4. The van der Waals surface area contributed by atoms with Gasteiger partial charge < -0.3 is 9.88 Å². The highest BCUT2D eigenvalue weighted by atomic mass is 19.2. The number of halogens is 2. The van der Waals surface area contributed by atoms with Gasteiger partial charge in [0.05, 0.1) is 6.54 Å². The number of amides is 1. The van der Waals surface area contributed by atoms with Crippen LogP contribution in [0, 0.1) is 17.6 Å². The highest BCUT2D eigenvalue weighted by Crippen LogP contribution is 2.48. The number of aryl methyl sites for hydroxylation is 1. The number of hydrogen-bond acceptors (Lipinski definition) is 3. The van der Waals surface area contributed by atoms with Gasteiger partial charge in [-0.3, -0.25) is 4.79 Å². The predicted molar refractivity (Wildman–Crippen MR) is 77.4 cm³/mol. The second-order valence-electron chi connectivity index (χ2n) is 6.10. The van der Waals surface area contributed by atoms with Crippen molar-refractivity contribution < 1.29 is 13.6 Å². The van der Waals surface area contributed by atoms with E-state index in [9.17, 15) is 13.6 Å². The summed E-state index contributed by atoms with van der Waals surface area (Å²) in [5, 5.41) is 11.0. The first kappa shape index (κ1) is 14.3. The second kappa shape index (κ2) is 5.40. The van der Waals surface area contributed by atoms with Gasteiger partial charge in [0.15, 0.2) is 17.5 Å². The zero-order valence-corrected chi connectivity index (χ0v) is 12.4. The molecule has 2 atom stereocenters. The summed E-state index contributed by atoms with van der Waals surface area (Å²) in [5.41, 5.74) is 0.286. The van der Waals surface area contributed by atoms with Gasteiger partial charge in [-0.25, -0.2) is 8.78 Å². The van der Waals surface area contributed by atoms with Crippen LogP contribution < -0.4 is 5.32 Å². The van der Waals surface area contributed by atoms with Crippen LogP contribution in [0.4, 0.5) is 8.78 Å². The van der Waals surface area contributed by atoms with E-state index in [0.717, 1.165) is 37.1 Å². The molecule has 0 saturated heterocycles. The molecule has 2 heterocycles. The lowest BCUT2D eigenvalue weighted by Crippen LogP contribution is -2.26. The van der Waals surface area contributed by atoms with E-state index in [0.29, 0.717) is 13.0 Å². The molecule has 0 radical (unpaired) electrons. The molecule has 0 spiro atoms. The number of benzene rings is 1. The van der Waals surface area contributed by atoms with Crippen molar-refractivity contribution >= 4 is 5.91 Å². The van der Waals surface area contributed by atoms with Gasteiger partial charge in [-0.05, 0) is 30.4 Å². The Morgan fingerprint density at radius 1 is 1.35 bits per heavy atom. The van der Waals surface area contributed by atoms with Crippen LogP contribution in [0.5, 0.6) is 0 Å². The van der Waals surface area contributed by atoms with Gasteiger partial charge in [0.2, 0.25) is 5.91 Å². The molecule has 1 amide bonds. The fraction of sp³-hybridized carbons (Fsp3) is 0.438. The highest BCUT2D eigenvalue weighted by molar-refractivity contribution is 5.82. The smallest absolute Gasteiger partial charge is 0.224 e. The van der Waals surface area contributed by atoms with Crippen molar-refractivity contribution in [2.45, 2.75) is 38.3 Å². The molecule has 2 aromatic rings. The molecule has 1 aromatic heterocycles. The SMILES string of the molecule is O=C(NCc1nnc2n1CCC2)[C@@H]1C[C@H]1c1cccc(F)c1F. The maximum absolute atomic E-state index is 13.8. The molecule has 4 rings (SSSR count). The monoisotopic (exact) mass is 318 g/mol. The Morgan fingerprint density at radius 2 is 2.22 bits per heavy atom. The number of nitrogens with one attached hydrogen (secondary N) is 1. The van der Waals surface area contributed by atoms with Gasteiger partial charge >= 0.3 is 0 Å². The largest absolute Gasteiger partial charge is 0.349 e. The molecule has 7 heteroatoms. The summed E-state index contributed by atoms with van der Waals surface area (Å²) in [6, 6.07) is 4.10. The molecule has 1 N–H and O–H groups in total. The summed E-state index contributed by atoms with van der Waals surface area (Å²) in [4.78, 5) is 12.2. The lowest BCUT2D eigenvalue weighted by Gasteiger charge is -2.06. The van der Waals surface area contributed by atoms with E-state index in [1.165, 1.54) is 6.07 Å². The molecule has 1 aliphatic carbocycles. The van der Waals surface area contributed by atoms with E-state index in [4.69, 9.17) is 0 Å². The highest BCUT2D eigenvalue weighted by Gasteiger charge is 2.45. The number of aromatic nitrogens is 3. The Morgan fingerprint density at radius 3 is 3.09 bits per heavy atom. The van der Waals surface area contributed by atoms with E-state index in [1.54, 1.807) is 6.07 Å². The van der Waals surface area contributed by atoms with E-state index >= 15 is 0 Å². The third-order valence-electron chi connectivity index (χ3n) is 4.61. The van der Waals surface area contributed by atoms with Crippen molar-refractivity contribution in [2.24, 2.45) is 5.92 Å². The minimum atomic E-state index is -0.868. The topological polar surface area (TPSA) is 59.8 Å². The van der Waals surface area contributed by atoms with Crippen molar-refractivity contribution in [1.29, 1.82) is 0 Å². The second-order valence-corrected chi connectivity index (χ2v) is 6.10. The number of carbonyl (C=O) groups is 1. The van der Waals surface area contributed by atoms with Gasteiger partial charge in [-0.1, -0.05) is 12.1 Å².